The fourth-order valence-electron chi connectivity index (χ4n) is 3.78. The third-order valence-corrected chi connectivity index (χ3v) is 5.16. The monoisotopic (exact) mass is 379 g/mol. The summed E-state index contributed by atoms with van der Waals surface area (Å²) in [4.78, 5) is 11.7. The average Bonchev–Trinajstić information content (AvgIpc) is 3.35. The molecule has 0 spiro atoms. The second-order valence-corrected chi connectivity index (χ2v) is 7.38. The van der Waals surface area contributed by atoms with Crippen LogP contribution in [0.15, 0.2) is 41.4 Å². The quantitative estimate of drug-likeness (QED) is 0.473. The van der Waals surface area contributed by atoms with Crippen molar-refractivity contribution in [3.8, 4) is 0 Å². The molecule has 0 bridgehead atoms. The zero-order chi connectivity index (χ0) is 19.3. The van der Waals surface area contributed by atoms with Crippen molar-refractivity contribution < 1.29 is 0 Å². The number of aryl methyl sites for hydroxylation is 2. The van der Waals surface area contributed by atoms with Gasteiger partial charge in [0, 0.05) is 37.8 Å². The van der Waals surface area contributed by atoms with E-state index >= 15 is 0 Å². The molecule has 0 amide bonds. The molecule has 28 heavy (non-hydrogen) atoms. The van der Waals surface area contributed by atoms with Gasteiger partial charge in [0.2, 0.25) is 0 Å². The van der Waals surface area contributed by atoms with Crippen LogP contribution in [0.3, 0.4) is 0 Å². The Hall–Kier alpha value is -2.83. The summed E-state index contributed by atoms with van der Waals surface area (Å²) in [5.41, 5.74) is 2.48. The van der Waals surface area contributed by atoms with Crippen molar-refractivity contribution in [2.24, 2.45) is 4.99 Å². The highest BCUT2D eigenvalue weighted by atomic mass is 15.4. The Morgan fingerprint density at radius 2 is 2.14 bits per heavy atom. The van der Waals surface area contributed by atoms with E-state index in [1.165, 1.54) is 11.3 Å². The number of rotatable bonds is 5. The Morgan fingerprint density at radius 3 is 2.96 bits per heavy atom. The molecular formula is C21H29N7. The van der Waals surface area contributed by atoms with Gasteiger partial charge in [-0.2, -0.15) is 5.10 Å². The molecule has 0 saturated carbocycles. The van der Waals surface area contributed by atoms with Gasteiger partial charge in [0.1, 0.15) is 11.6 Å². The van der Waals surface area contributed by atoms with Crippen molar-refractivity contribution in [1.82, 2.24) is 25.4 Å². The van der Waals surface area contributed by atoms with Crippen molar-refractivity contribution in [2.45, 2.75) is 45.8 Å². The molecule has 1 atom stereocenters. The summed E-state index contributed by atoms with van der Waals surface area (Å²) in [5.74, 6) is 2.80. The van der Waals surface area contributed by atoms with Gasteiger partial charge in [-0.05, 0) is 38.0 Å². The van der Waals surface area contributed by atoms with Gasteiger partial charge >= 0.3 is 0 Å². The molecule has 3 heterocycles. The molecule has 0 fully saturated rings. The van der Waals surface area contributed by atoms with Crippen LogP contribution in [0.1, 0.15) is 30.6 Å². The highest BCUT2D eigenvalue weighted by molar-refractivity contribution is 5.80. The third-order valence-electron chi connectivity index (χ3n) is 5.16. The van der Waals surface area contributed by atoms with E-state index in [-0.39, 0.29) is 0 Å². The SMILES string of the molecule is CCNC(=NCc1cccc(N2CC=CC2)c1)NC1CCc2nc(C)nn2C1. The molecule has 4 rings (SSSR count). The molecule has 1 aromatic carbocycles. The summed E-state index contributed by atoms with van der Waals surface area (Å²) in [6.07, 6.45) is 6.41. The van der Waals surface area contributed by atoms with Crippen LogP contribution in [0.2, 0.25) is 0 Å². The number of hydrogen-bond donors (Lipinski definition) is 2. The van der Waals surface area contributed by atoms with Crippen molar-refractivity contribution >= 4 is 11.6 Å². The molecule has 7 nitrogen and oxygen atoms in total. The molecule has 2 N–H and O–H groups in total. The summed E-state index contributed by atoms with van der Waals surface area (Å²) >= 11 is 0. The lowest BCUT2D eigenvalue weighted by Crippen LogP contribution is -2.47. The first kappa shape index (κ1) is 18.5. The predicted octanol–water partition coefficient (Wildman–Crippen LogP) is 2.03. The summed E-state index contributed by atoms with van der Waals surface area (Å²) in [5, 5.41) is 11.4. The number of nitrogens with zero attached hydrogens (tertiary/aromatic N) is 5. The molecule has 1 aromatic heterocycles. The number of anilines is 1. The fourth-order valence-corrected chi connectivity index (χ4v) is 3.78. The molecule has 7 heteroatoms. The van der Waals surface area contributed by atoms with E-state index in [0.717, 1.165) is 56.6 Å². The van der Waals surface area contributed by atoms with Crippen molar-refractivity contribution in [3.05, 3.63) is 53.6 Å². The van der Waals surface area contributed by atoms with E-state index in [0.29, 0.717) is 12.6 Å². The van der Waals surface area contributed by atoms with Gasteiger partial charge in [0.05, 0.1) is 13.1 Å². The lowest BCUT2D eigenvalue weighted by molar-refractivity contribution is 0.392. The van der Waals surface area contributed by atoms with Gasteiger partial charge in [0.15, 0.2) is 5.96 Å². The highest BCUT2D eigenvalue weighted by Crippen LogP contribution is 2.19. The standard InChI is InChI=1S/C21H29N7/c1-3-22-21(25-18-9-10-20-24-16(2)26-28(20)15-18)23-14-17-7-6-8-19(13-17)27-11-4-5-12-27/h4-8,13,18H,3,9-12,14-15H2,1-2H3,(H2,22,23,25). The van der Waals surface area contributed by atoms with E-state index in [1.807, 2.05) is 11.6 Å². The van der Waals surface area contributed by atoms with Crippen LogP contribution >= 0.6 is 0 Å². The molecule has 2 aromatic rings. The smallest absolute Gasteiger partial charge is 0.191 e. The predicted molar refractivity (Wildman–Crippen MR) is 113 cm³/mol. The maximum atomic E-state index is 4.82. The zero-order valence-electron chi connectivity index (χ0n) is 16.7. The second kappa shape index (κ2) is 8.46. The number of aromatic nitrogens is 3. The Kier molecular flexibility index (Phi) is 5.60. The van der Waals surface area contributed by atoms with Crippen molar-refractivity contribution in [3.63, 3.8) is 0 Å². The largest absolute Gasteiger partial charge is 0.364 e. The number of aliphatic imine (C=N–C) groups is 1. The zero-order valence-corrected chi connectivity index (χ0v) is 16.7. The maximum absolute atomic E-state index is 4.82. The van der Waals surface area contributed by atoms with Gasteiger partial charge in [0.25, 0.3) is 0 Å². The van der Waals surface area contributed by atoms with Gasteiger partial charge in [-0.15, -0.1) is 0 Å². The van der Waals surface area contributed by atoms with Crippen molar-refractivity contribution in [2.75, 3.05) is 24.5 Å². The van der Waals surface area contributed by atoms with Gasteiger partial charge in [-0.1, -0.05) is 24.3 Å². The molecule has 2 aliphatic rings. The molecule has 148 valence electrons. The van der Waals surface area contributed by atoms with E-state index in [4.69, 9.17) is 4.99 Å². The molecule has 1 unspecified atom stereocenters. The van der Waals surface area contributed by atoms with Crippen molar-refractivity contribution in [1.29, 1.82) is 0 Å². The first-order valence-corrected chi connectivity index (χ1v) is 10.2. The summed E-state index contributed by atoms with van der Waals surface area (Å²) in [6, 6.07) is 8.99. The lowest BCUT2D eigenvalue weighted by atomic mass is 10.1. The topological polar surface area (TPSA) is 70.4 Å². The molecular weight excluding hydrogens is 350 g/mol. The van der Waals surface area contributed by atoms with Crippen LogP contribution in [0.5, 0.6) is 0 Å². The van der Waals surface area contributed by atoms with Gasteiger partial charge < -0.3 is 15.5 Å². The Morgan fingerprint density at radius 1 is 1.29 bits per heavy atom. The van der Waals surface area contributed by atoms with Gasteiger partial charge in [-0.25, -0.2) is 14.7 Å². The Bertz CT molecular complexity index is 859. The second-order valence-electron chi connectivity index (χ2n) is 7.38. The highest BCUT2D eigenvalue weighted by Gasteiger charge is 2.21. The van der Waals surface area contributed by atoms with Gasteiger partial charge in [-0.3, -0.25) is 0 Å². The Labute approximate surface area is 166 Å². The van der Waals surface area contributed by atoms with E-state index < -0.39 is 0 Å². The minimum Gasteiger partial charge on any atom is -0.364 e. The lowest BCUT2D eigenvalue weighted by Gasteiger charge is -2.25. The van der Waals surface area contributed by atoms with Crippen LogP contribution in [-0.4, -0.2) is 46.4 Å². The minimum absolute atomic E-state index is 0.313. The number of nitrogens with one attached hydrogen (secondary N) is 2. The minimum atomic E-state index is 0.313. The summed E-state index contributed by atoms with van der Waals surface area (Å²) < 4.78 is 2.02. The summed E-state index contributed by atoms with van der Waals surface area (Å²) in [7, 11) is 0. The van der Waals surface area contributed by atoms with Crippen LogP contribution in [0, 0.1) is 6.92 Å². The number of guanidine groups is 1. The van der Waals surface area contributed by atoms with Crippen LogP contribution in [0.4, 0.5) is 5.69 Å². The number of hydrogen-bond acceptors (Lipinski definition) is 4. The van der Waals surface area contributed by atoms with Crippen LogP contribution < -0.4 is 15.5 Å². The van der Waals surface area contributed by atoms with Crippen LogP contribution in [0.25, 0.3) is 0 Å². The normalized spacial score (nSPS) is 19.0. The number of benzene rings is 1. The van der Waals surface area contributed by atoms with Crippen LogP contribution in [-0.2, 0) is 19.5 Å². The average molecular weight is 380 g/mol. The molecule has 0 saturated heterocycles. The van der Waals surface area contributed by atoms with E-state index in [1.54, 1.807) is 0 Å². The number of fused-ring (bicyclic) bond motifs is 1. The van der Waals surface area contributed by atoms with E-state index in [2.05, 4.69) is 69.0 Å². The first-order valence-electron chi connectivity index (χ1n) is 10.2. The molecule has 0 radical (unpaired) electrons. The molecule has 0 aliphatic carbocycles. The third kappa shape index (κ3) is 4.35. The first-order chi connectivity index (χ1) is 13.7. The molecule has 2 aliphatic heterocycles. The Balaban J connectivity index is 1.40. The summed E-state index contributed by atoms with van der Waals surface area (Å²) in [6.45, 7) is 8.35. The fraction of sp³-hybridized carbons (Fsp3) is 0.476. The maximum Gasteiger partial charge on any atom is 0.191 e. The van der Waals surface area contributed by atoms with E-state index in [9.17, 15) is 0 Å².